The van der Waals surface area contributed by atoms with Gasteiger partial charge in [0.15, 0.2) is 0 Å². The number of rotatable bonds is 5. The zero-order valence-electron chi connectivity index (χ0n) is 9.54. The lowest BCUT2D eigenvalue weighted by Gasteiger charge is -2.18. The van der Waals surface area contributed by atoms with Gasteiger partial charge in [0.25, 0.3) is 0 Å². The second kappa shape index (κ2) is 4.52. The number of aliphatic hydroxyl groups is 1. The third-order valence-corrected chi connectivity index (χ3v) is 3.45. The van der Waals surface area contributed by atoms with Gasteiger partial charge in [-0.05, 0) is 37.5 Å². The van der Waals surface area contributed by atoms with Crippen LogP contribution in [0, 0.1) is 11.2 Å². The number of nitrogens with one attached hydrogen (secondary N) is 1. The van der Waals surface area contributed by atoms with Crippen LogP contribution in [0.4, 0.5) is 4.39 Å². The predicted octanol–water partition coefficient (Wildman–Crippen LogP) is 2.25. The van der Waals surface area contributed by atoms with Crippen molar-refractivity contribution in [3.8, 4) is 0 Å². The summed E-state index contributed by atoms with van der Waals surface area (Å²) in [5, 5.41) is 12.6. The molecule has 1 atom stereocenters. The lowest BCUT2D eigenvalue weighted by molar-refractivity contribution is 0.204. The van der Waals surface area contributed by atoms with Crippen LogP contribution in [0.5, 0.6) is 0 Å². The van der Waals surface area contributed by atoms with E-state index in [9.17, 15) is 9.50 Å². The van der Waals surface area contributed by atoms with Crippen molar-refractivity contribution in [2.75, 3.05) is 13.2 Å². The van der Waals surface area contributed by atoms with E-state index in [0.717, 1.165) is 24.9 Å². The maximum absolute atomic E-state index is 12.7. The Kier molecular flexibility index (Phi) is 3.26. The van der Waals surface area contributed by atoms with E-state index in [1.54, 1.807) is 12.1 Å². The number of hydrogen-bond acceptors (Lipinski definition) is 2. The Balaban J connectivity index is 1.88. The van der Waals surface area contributed by atoms with Crippen molar-refractivity contribution in [3.63, 3.8) is 0 Å². The van der Waals surface area contributed by atoms with Crippen LogP contribution in [0.25, 0.3) is 0 Å². The quantitative estimate of drug-likeness (QED) is 0.802. The average molecular weight is 223 g/mol. The third-order valence-electron chi connectivity index (χ3n) is 3.45. The fraction of sp³-hybridized carbons (Fsp3) is 0.538. The molecule has 0 radical (unpaired) electrons. The molecular weight excluding hydrogens is 205 g/mol. The normalized spacial score (nSPS) is 19.4. The summed E-state index contributed by atoms with van der Waals surface area (Å²) in [6, 6.07) is 6.75. The van der Waals surface area contributed by atoms with Crippen molar-refractivity contribution in [2.24, 2.45) is 5.41 Å². The van der Waals surface area contributed by atoms with Gasteiger partial charge >= 0.3 is 0 Å². The molecule has 3 heteroatoms. The minimum Gasteiger partial charge on any atom is -0.396 e. The smallest absolute Gasteiger partial charge is 0.123 e. The largest absolute Gasteiger partial charge is 0.396 e. The predicted molar refractivity (Wildman–Crippen MR) is 61.6 cm³/mol. The molecular formula is C13H18FNO. The summed E-state index contributed by atoms with van der Waals surface area (Å²) in [4.78, 5) is 0. The molecule has 1 aliphatic carbocycles. The van der Waals surface area contributed by atoms with E-state index in [1.165, 1.54) is 12.1 Å². The molecule has 2 N–H and O–H groups in total. The summed E-state index contributed by atoms with van der Waals surface area (Å²) in [5.74, 6) is -0.204. The zero-order valence-corrected chi connectivity index (χ0v) is 9.54. The van der Waals surface area contributed by atoms with Gasteiger partial charge in [0.2, 0.25) is 0 Å². The van der Waals surface area contributed by atoms with Gasteiger partial charge < -0.3 is 10.4 Å². The van der Waals surface area contributed by atoms with Crippen molar-refractivity contribution in [1.82, 2.24) is 5.32 Å². The summed E-state index contributed by atoms with van der Waals surface area (Å²) in [6.07, 6.45) is 2.21. The van der Waals surface area contributed by atoms with Crippen LogP contribution < -0.4 is 5.32 Å². The highest BCUT2D eigenvalue weighted by Crippen LogP contribution is 2.44. The fourth-order valence-corrected chi connectivity index (χ4v) is 1.81. The SMILES string of the molecule is CC(NCC1(CO)CC1)c1ccc(F)cc1. The molecule has 88 valence electrons. The molecule has 0 amide bonds. The van der Waals surface area contributed by atoms with E-state index in [-0.39, 0.29) is 23.9 Å². The Morgan fingerprint density at radius 2 is 2.00 bits per heavy atom. The van der Waals surface area contributed by atoms with E-state index >= 15 is 0 Å². The lowest BCUT2D eigenvalue weighted by atomic mass is 10.1. The van der Waals surface area contributed by atoms with Crippen molar-refractivity contribution in [1.29, 1.82) is 0 Å². The molecule has 1 saturated carbocycles. The molecule has 1 unspecified atom stereocenters. The van der Waals surface area contributed by atoms with Gasteiger partial charge in [-0.2, -0.15) is 0 Å². The first kappa shape index (κ1) is 11.6. The summed E-state index contributed by atoms with van der Waals surface area (Å²) >= 11 is 0. The first-order valence-electron chi connectivity index (χ1n) is 5.75. The molecule has 16 heavy (non-hydrogen) atoms. The number of halogens is 1. The van der Waals surface area contributed by atoms with Crippen LogP contribution in [0.1, 0.15) is 31.4 Å². The molecule has 0 bridgehead atoms. The molecule has 1 aliphatic rings. The second-order valence-electron chi connectivity index (χ2n) is 4.81. The van der Waals surface area contributed by atoms with Crippen LogP contribution in [0.2, 0.25) is 0 Å². The molecule has 0 spiro atoms. The minimum atomic E-state index is -0.204. The molecule has 0 saturated heterocycles. The van der Waals surface area contributed by atoms with E-state index in [0.29, 0.717) is 0 Å². The van der Waals surface area contributed by atoms with Crippen molar-refractivity contribution >= 4 is 0 Å². The molecule has 2 rings (SSSR count). The molecule has 1 fully saturated rings. The molecule has 0 heterocycles. The standard InChI is InChI=1S/C13H18FNO/c1-10(11-2-4-12(14)5-3-11)15-8-13(9-16)6-7-13/h2-5,10,15-16H,6-9H2,1H3. The summed E-state index contributed by atoms with van der Waals surface area (Å²) in [5.41, 5.74) is 1.20. The number of hydrogen-bond donors (Lipinski definition) is 2. The fourth-order valence-electron chi connectivity index (χ4n) is 1.81. The van der Waals surface area contributed by atoms with E-state index in [1.807, 2.05) is 0 Å². The van der Waals surface area contributed by atoms with Gasteiger partial charge in [0.05, 0.1) is 0 Å². The monoisotopic (exact) mass is 223 g/mol. The van der Waals surface area contributed by atoms with Crippen LogP contribution >= 0.6 is 0 Å². The zero-order chi connectivity index (χ0) is 11.6. The Morgan fingerprint density at radius 3 is 2.50 bits per heavy atom. The first-order valence-corrected chi connectivity index (χ1v) is 5.75. The maximum atomic E-state index is 12.7. The van der Waals surface area contributed by atoms with Crippen molar-refractivity contribution in [2.45, 2.75) is 25.8 Å². The topological polar surface area (TPSA) is 32.3 Å². The maximum Gasteiger partial charge on any atom is 0.123 e. The molecule has 0 aromatic heterocycles. The summed E-state index contributed by atoms with van der Waals surface area (Å²) in [6.45, 7) is 3.15. The van der Waals surface area contributed by atoms with Gasteiger partial charge in [-0.25, -0.2) is 4.39 Å². The Labute approximate surface area is 95.5 Å². The van der Waals surface area contributed by atoms with Gasteiger partial charge in [0.1, 0.15) is 5.82 Å². The Morgan fingerprint density at radius 1 is 1.38 bits per heavy atom. The lowest BCUT2D eigenvalue weighted by Crippen LogP contribution is -2.28. The van der Waals surface area contributed by atoms with Crippen molar-refractivity contribution in [3.05, 3.63) is 35.6 Å². The molecule has 1 aromatic carbocycles. The van der Waals surface area contributed by atoms with Crippen LogP contribution in [-0.2, 0) is 0 Å². The van der Waals surface area contributed by atoms with E-state index < -0.39 is 0 Å². The van der Waals surface area contributed by atoms with Crippen LogP contribution in [0.15, 0.2) is 24.3 Å². The van der Waals surface area contributed by atoms with E-state index in [2.05, 4.69) is 12.2 Å². The second-order valence-corrected chi connectivity index (χ2v) is 4.81. The number of benzene rings is 1. The highest BCUT2D eigenvalue weighted by molar-refractivity contribution is 5.19. The Hall–Kier alpha value is -0.930. The van der Waals surface area contributed by atoms with Gasteiger partial charge in [-0.1, -0.05) is 12.1 Å². The van der Waals surface area contributed by atoms with E-state index in [4.69, 9.17) is 0 Å². The minimum absolute atomic E-state index is 0.119. The van der Waals surface area contributed by atoms with Crippen LogP contribution in [-0.4, -0.2) is 18.3 Å². The van der Waals surface area contributed by atoms with Gasteiger partial charge in [-0.15, -0.1) is 0 Å². The Bertz CT molecular complexity index is 345. The molecule has 0 aliphatic heterocycles. The molecule has 2 nitrogen and oxygen atoms in total. The summed E-state index contributed by atoms with van der Waals surface area (Å²) in [7, 11) is 0. The number of aliphatic hydroxyl groups excluding tert-OH is 1. The van der Waals surface area contributed by atoms with Crippen molar-refractivity contribution < 1.29 is 9.50 Å². The highest BCUT2D eigenvalue weighted by atomic mass is 19.1. The van der Waals surface area contributed by atoms with Crippen LogP contribution in [0.3, 0.4) is 0 Å². The third kappa shape index (κ3) is 2.60. The average Bonchev–Trinajstić information content (AvgIpc) is 3.08. The van der Waals surface area contributed by atoms with Gasteiger partial charge in [0, 0.05) is 24.6 Å². The summed E-state index contributed by atoms with van der Waals surface area (Å²) < 4.78 is 12.7. The highest BCUT2D eigenvalue weighted by Gasteiger charge is 2.41. The first-order chi connectivity index (χ1) is 7.65. The molecule has 1 aromatic rings. The van der Waals surface area contributed by atoms with Gasteiger partial charge in [-0.3, -0.25) is 0 Å².